The number of nitrogens with zero attached hydrogens (tertiary/aromatic N) is 1. The molecule has 0 aliphatic carbocycles. The van der Waals surface area contributed by atoms with Crippen molar-refractivity contribution in [1.29, 1.82) is 0 Å². The van der Waals surface area contributed by atoms with Crippen LogP contribution in [0.15, 0.2) is 27.6 Å². The highest BCUT2D eigenvalue weighted by Gasteiger charge is 2.22. The first kappa shape index (κ1) is 19.6. The molecule has 0 saturated carbocycles. The second-order valence-corrected chi connectivity index (χ2v) is 7.83. The normalized spacial score (nSPS) is 11.3. The van der Waals surface area contributed by atoms with Crippen LogP contribution in [-0.4, -0.2) is 51.8 Å². The number of benzene rings is 1. The van der Waals surface area contributed by atoms with Gasteiger partial charge in [-0.1, -0.05) is 6.92 Å². The van der Waals surface area contributed by atoms with Crippen LogP contribution in [0.1, 0.15) is 23.7 Å². The first-order valence-corrected chi connectivity index (χ1v) is 9.09. The summed E-state index contributed by atoms with van der Waals surface area (Å²) in [5.41, 5.74) is 0.0527. The number of carbonyl (C=O) groups excluding carboxylic acids is 2. The van der Waals surface area contributed by atoms with Gasteiger partial charge in [0.15, 0.2) is 6.61 Å². The zero-order valence-corrected chi connectivity index (χ0v) is 15.5. The molecule has 0 fully saturated rings. The number of hydrogen-bond donors (Lipinski definition) is 1. The molecule has 0 saturated heterocycles. The van der Waals surface area contributed by atoms with E-state index < -0.39 is 28.5 Å². The molecule has 0 spiro atoms. The molecule has 23 heavy (non-hydrogen) atoms. The van der Waals surface area contributed by atoms with E-state index in [9.17, 15) is 18.0 Å². The number of amides is 1. The minimum atomic E-state index is -3.71. The fourth-order valence-electron chi connectivity index (χ4n) is 1.55. The van der Waals surface area contributed by atoms with Gasteiger partial charge in [-0.2, -0.15) is 0 Å². The Hall–Kier alpha value is -1.45. The molecule has 1 amide bonds. The van der Waals surface area contributed by atoms with Crippen LogP contribution in [0.2, 0.25) is 0 Å². The van der Waals surface area contributed by atoms with E-state index in [2.05, 4.69) is 21.2 Å². The Morgan fingerprint density at radius 3 is 2.52 bits per heavy atom. The molecule has 128 valence electrons. The van der Waals surface area contributed by atoms with Crippen LogP contribution in [0.4, 0.5) is 0 Å². The first-order chi connectivity index (χ1) is 10.7. The van der Waals surface area contributed by atoms with Crippen molar-refractivity contribution in [3.8, 4) is 0 Å². The van der Waals surface area contributed by atoms with Gasteiger partial charge in [0.1, 0.15) is 0 Å². The van der Waals surface area contributed by atoms with E-state index in [-0.39, 0.29) is 10.5 Å². The third-order valence-electron chi connectivity index (χ3n) is 2.83. The molecular formula is C14H19BrN2O5S. The third kappa shape index (κ3) is 5.29. The Morgan fingerprint density at radius 1 is 1.30 bits per heavy atom. The summed E-state index contributed by atoms with van der Waals surface area (Å²) in [4.78, 5) is 23.3. The molecule has 0 aromatic heterocycles. The highest BCUT2D eigenvalue weighted by atomic mass is 79.9. The van der Waals surface area contributed by atoms with Gasteiger partial charge in [0.05, 0.1) is 10.5 Å². The predicted molar refractivity (Wildman–Crippen MR) is 88.6 cm³/mol. The van der Waals surface area contributed by atoms with Crippen molar-refractivity contribution in [2.75, 3.05) is 27.2 Å². The van der Waals surface area contributed by atoms with Gasteiger partial charge in [0.2, 0.25) is 10.0 Å². The zero-order valence-electron chi connectivity index (χ0n) is 13.1. The van der Waals surface area contributed by atoms with Gasteiger partial charge >= 0.3 is 5.97 Å². The number of rotatable bonds is 7. The number of nitrogens with one attached hydrogen (secondary N) is 1. The average molecular weight is 407 g/mol. The molecule has 0 heterocycles. The van der Waals surface area contributed by atoms with Crippen molar-refractivity contribution >= 4 is 37.8 Å². The van der Waals surface area contributed by atoms with Gasteiger partial charge < -0.3 is 10.1 Å². The monoisotopic (exact) mass is 406 g/mol. The van der Waals surface area contributed by atoms with E-state index >= 15 is 0 Å². The number of halogens is 1. The van der Waals surface area contributed by atoms with Gasteiger partial charge in [-0.05, 0) is 40.5 Å². The number of esters is 1. The van der Waals surface area contributed by atoms with Crippen molar-refractivity contribution in [2.45, 2.75) is 18.2 Å². The van der Waals surface area contributed by atoms with Crippen LogP contribution in [0.5, 0.6) is 0 Å². The highest BCUT2D eigenvalue weighted by Crippen LogP contribution is 2.25. The molecule has 1 N–H and O–H groups in total. The molecule has 0 unspecified atom stereocenters. The minimum absolute atomic E-state index is 0.0487. The fraction of sp³-hybridized carbons (Fsp3) is 0.429. The largest absolute Gasteiger partial charge is 0.452 e. The average Bonchev–Trinajstić information content (AvgIpc) is 2.50. The highest BCUT2D eigenvalue weighted by molar-refractivity contribution is 9.10. The van der Waals surface area contributed by atoms with Crippen molar-refractivity contribution in [1.82, 2.24) is 9.62 Å². The Labute approximate surface area is 144 Å². The summed E-state index contributed by atoms with van der Waals surface area (Å²) in [6, 6.07) is 4.08. The topological polar surface area (TPSA) is 92.8 Å². The van der Waals surface area contributed by atoms with E-state index in [0.717, 1.165) is 10.7 Å². The Morgan fingerprint density at radius 2 is 1.96 bits per heavy atom. The lowest BCUT2D eigenvalue weighted by atomic mass is 10.2. The smallest absolute Gasteiger partial charge is 0.338 e. The van der Waals surface area contributed by atoms with E-state index in [1.165, 1.54) is 32.3 Å². The number of ether oxygens (including phenoxy) is 1. The summed E-state index contributed by atoms with van der Waals surface area (Å²) in [6.45, 7) is 1.99. The number of hydrogen-bond acceptors (Lipinski definition) is 5. The molecule has 0 aliphatic rings. The second kappa shape index (κ2) is 8.42. The van der Waals surface area contributed by atoms with Crippen molar-refractivity contribution in [3.63, 3.8) is 0 Å². The van der Waals surface area contributed by atoms with Crippen molar-refractivity contribution in [2.24, 2.45) is 0 Å². The molecule has 9 heteroatoms. The van der Waals surface area contributed by atoms with Crippen LogP contribution in [0.25, 0.3) is 0 Å². The summed E-state index contributed by atoms with van der Waals surface area (Å²) in [6.07, 6.45) is 0.776. The van der Waals surface area contributed by atoms with Crippen LogP contribution in [-0.2, 0) is 19.6 Å². The van der Waals surface area contributed by atoms with E-state index in [1.54, 1.807) is 0 Å². The molecule has 1 aromatic carbocycles. The summed E-state index contributed by atoms with van der Waals surface area (Å²) in [5.74, 6) is -1.17. The molecule has 0 aliphatic heterocycles. The first-order valence-electron chi connectivity index (χ1n) is 6.86. The number of carbonyl (C=O) groups is 2. The lowest BCUT2D eigenvalue weighted by Crippen LogP contribution is -2.29. The maximum atomic E-state index is 12.2. The molecule has 0 radical (unpaired) electrons. The summed E-state index contributed by atoms with van der Waals surface area (Å²) in [7, 11) is -0.920. The number of sulfonamides is 1. The quantitative estimate of drug-likeness (QED) is 0.690. The van der Waals surface area contributed by atoms with Crippen LogP contribution >= 0.6 is 15.9 Å². The van der Waals surface area contributed by atoms with Crippen LogP contribution in [0.3, 0.4) is 0 Å². The van der Waals surface area contributed by atoms with E-state index in [0.29, 0.717) is 11.0 Å². The molecule has 1 rings (SSSR count). The predicted octanol–water partition coefficient (Wildman–Crippen LogP) is 1.38. The second-order valence-electron chi connectivity index (χ2n) is 4.86. The summed E-state index contributed by atoms with van der Waals surface area (Å²) in [5, 5.41) is 2.57. The molecule has 1 aromatic rings. The Bertz CT molecular complexity index is 688. The Kier molecular flexibility index (Phi) is 7.17. The van der Waals surface area contributed by atoms with Gasteiger partial charge in [0, 0.05) is 25.1 Å². The van der Waals surface area contributed by atoms with Gasteiger partial charge in [-0.25, -0.2) is 17.5 Å². The zero-order chi connectivity index (χ0) is 17.6. The van der Waals surface area contributed by atoms with Crippen LogP contribution in [0, 0.1) is 0 Å². The summed E-state index contributed by atoms with van der Waals surface area (Å²) >= 11 is 3.15. The molecule has 0 bridgehead atoms. The lowest BCUT2D eigenvalue weighted by Gasteiger charge is -2.13. The van der Waals surface area contributed by atoms with E-state index in [1.807, 2.05) is 6.92 Å². The maximum Gasteiger partial charge on any atom is 0.338 e. The molecule has 0 atom stereocenters. The fourth-order valence-corrected chi connectivity index (χ4v) is 3.40. The van der Waals surface area contributed by atoms with Crippen LogP contribution < -0.4 is 5.32 Å². The van der Waals surface area contributed by atoms with Gasteiger partial charge in [0.25, 0.3) is 5.91 Å². The minimum Gasteiger partial charge on any atom is -0.452 e. The molecular weight excluding hydrogens is 388 g/mol. The third-order valence-corrected chi connectivity index (χ3v) is 5.64. The van der Waals surface area contributed by atoms with Crippen molar-refractivity contribution in [3.05, 3.63) is 28.2 Å². The van der Waals surface area contributed by atoms with Gasteiger partial charge in [-0.15, -0.1) is 0 Å². The van der Waals surface area contributed by atoms with E-state index in [4.69, 9.17) is 4.74 Å². The Balaban J connectivity index is 2.90. The summed E-state index contributed by atoms with van der Waals surface area (Å²) < 4.78 is 30.6. The molecule has 7 nitrogen and oxygen atoms in total. The SMILES string of the molecule is CCCNC(=O)COC(=O)c1ccc(Br)c(S(=O)(=O)N(C)C)c1. The maximum absolute atomic E-state index is 12.2. The standard InChI is InChI=1S/C14H19BrN2O5S/c1-4-7-16-13(18)9-22-14(19)10-5-6-11(15)12(8-10)23(20,21)17(2)3/h5-6,8H,4,7,9H2,1-3H3,(H,16,18). The lowest BCUT2D eigenvalue weighted by molar-refractivity contribution is -0.124. The van der Waals surface area contributed by atoms with Crippen molar-refractivity contribution < 1.29 is 22.7 Å². The van der Waals surface area contributed by atoms with Gasteiger partial charge in [-0.3, -0.25) is 4.79 Å².